The van der Waals surface area contributed by atoms with E-state index in [-0.39, 0.29) is 17.7 Å². The van der Waals surface area contributed by atoms with E-state index in [2.05, 4.69) is 74.6 Å². The van der Waals surface area contributed by atoms with Gasteiger partial charge in [0.15, 0.2) is 6.29 Å². The van der Waals surface area contributed by atoms with Crippen molar-refractivity contribution in [1.82, 2.24) is 5.32 Å². The van der Waals surface area contributed by atoms with Crippen LogP contribution in [0.2, 0.25) is 0 Å². The second kappa shape index (κ2) is 7.47. The molecule has 0 radical (unpaired) electrons. The average Bonchev–Trinajstić information content (AvgIpc) is 2.60. The van der Waals surface area contributed by atoms with Crippen LogP contribution in [-0.2, 0) is 21.5 Å². The summed E-state index contributed by atoms with van der Waals surface area (Å²) >= 11 is 0. The summed E-state index contributed by atoms with van der Waals surface area (Å²) in [6.45, 7) is 8.76. The monoisotopic (exact) mass is 325 g/mol. The van der Waals surface area contributed by atoms with Gasteiger partial charge in [-0.25, -0.2) is 0 Å². The smallest absolute Gasteiger partial charge is 0.177 e. The second-order valence-electron chi connectivity index (χ2n) is 7.34. The molecule has 1 heterocycles. The van der Waals surface area contributed by atoms with Gasteiger partial charge in [-0.3, -0.25) is 0 Å². The highest BCUT2D eigenvalue weighted by Crippen LogP contribution is 2.26. The Balaban J connectivity index is 1.68. The van der Waals surface area contributed by atoms with Gasteiger partial charge in [-0.15, -0.1) is 0 Å². The van der Waals surface area contributed by atoms with Crippen LogP contribution in [0.3, 0.4) is 0 Å². The molecule has 128 valence electrons. The van der Waals surface area contributed by atoms with Crippen molar-refractivity contribution in [2.24, 2.45) is 0 Å². The average molecular weight is 325 g/mol. The molecule has 0 unspecified atom stereocenters. The molecular formula is C21H27NO2. The van der Waals surface area contributed by atoms with Gasteiger partial charge in [-0.05, 0) is 22.1 Å². The van der Waals surface area contributed by atoms with Gasteiger partial charge in [0.25, 0.3) is 0 Å². The van der Waals surface area contributed by atoms with Gasteiger partial charge < -0.3 is 14.8 Å². The number of nitrogens with one attached hydrogen (secondary N) is 1. The summed E-state index contributed by atoms with van der Waals surface area (Å²) in [5.41, 5.74) is 3.85. The van der Waals surface area contributed by atoms with Gasteiger partial charge in [0.2, 0.25) is 0 Å². The molecule has 1 aliphatic heterocycles. The Hall–Kier alpha value is -1.68. The van der Waals surface area contributed by atoms with Crippen LogP contribution in [-0.4, -0.2) is 19.4 Å². The van der Waals surface area contributed by atoms with Crippen molar-refractivity contribution in [3.8, 4) is 0 Å². The van der Waals surface area contributed by atoms with Crippen molar-refractivity contribution in [3.05, 3.63) is 71.3 Å². The summed E-state index contributed by atoms with van der Waals surface area (Å²) in [4.78, 5) is 0. The molecular weight excluding hydrogens is 298 g/mol. The number of morpholine rings is 1. The normalized spacial score (nSPS) is 21.6. The van der Waals surface area contributed by atoms with Crippen molar-refractivity contribution in [2.45, 2.75) is 45.1 Å². The van der Waals surface area contributed by atoms with E-state index in [4.69, 9.17) is 9.47 Å². The summed E-state index contributed by atoms with van der Waals surface area (Å²) in [7, 11) is 0. The lowest BCUT2D eigenvalue weighted by Gasteiger charge is -2.33. The van der Waals surface area contributed by atoms with Gasteiger partial charge in [0.05, 0.1) is 19.3 Å². The van der Waals surface area contributed by atoms with Crippen LogP contribution in [0.25, 0.3) is 0 Å². The van der Waals surface area contributed by atoms with Crippen LogP contribution in [0.1, 0.15) is 43.5 Å². The lowest BCUT2D eigenvalue weighted by Crippen LogP contribution is -2.43. The van der Waals surface area contributed by atoms with Gasteiger partial charge in [-0.2, -0.15) is 0 Å². The molecule has 1 fully saturated rings. The summed E-state index contributed by atoms with van der Waals surface area (Å²) in [6, 6.07) is 19.1. The van der Waals surface area contributed by atoms with E-state index >= 15 is 0 Å². The number of rotatable bonds is 4. The van der Waals surface area contributed by atoms with Crippen LogP contribution >= 0.6 is 0 Å². The van der Waals surface area contributed by atoms with E-state index in [1.165, 1.54) is 16.7 Å². The molecule has 24 heavy (non-hydrogen) atoms. The minimum atomic E-state index is -0.264. The van der Waals surface area contributed by atoms with Crippen LogP contribution in [0.5, 0.6) is 0 Å². The zero-order valence-corrected chi connectivity index (χ0v) is 14.8. The van der Waals surface area contributed by atoms with Crippen molar-refractivity contribution >= 4 is 0 Å². The number of hydrogen-bond acceptors (Lipinski definition) is 3. The molecule has 1 N–H and O–H groups in total. The van der Waals surface area contributed by atoms with E-state index in [9.17, 15) is 0 Å². The Morgan fingerprint density at radius 2 is 1.88 bits per heavy atom. The van der Waals surface area contributed by atoms with E-state index in [0.29, 0.717) is 13.2 Å². The molecule has 1 saturated heterocycles. The molecule has 3 rings (SSSR count). The van der Waals surface area contributed by atoms with Gasteiger partial charge in [0.1, 0.15) is 0 Å². The predicted molar refractivity (Wildman–Crippen MR) is 96.9 cm³/mol. The van der Waals surface area contributed by atoms with Gasteiger partial charge in [-0.1, -0.05) is 75.4 Å². The molecule has 0 bridgehead atoms. The van der Waals surface area contributed by atoms with Crippen LogP contribution < -0.4 is 5.32 Å². The summed E-state index contributed by atoms with van der Waals surface area (Å²) < 4.78 is 12.0. The van der Waals surface area contributed by atoms with Crippen LogP contribution in [0.4, 0.5) is 0 Å². The maximum Gasteiger partial charge on any atom is 0.177 e. The lowest BCUT2D eigenvalue weighted by atomic mass is 9.86. The Labute approximate surface area is 145 Å². The molecule has 2 atom stereocenters. The standard InChI is InChI=1S/C21H27NO2/c1-21(2,3)18-11-7-8-16(14-18)15-24-20-19(22-12-13-23-20)17-9-5-4-6-10-17/h4-11,14,19-20,22H,12-13,15H2,1-3H3/t19-,20+/m0/s1. The molecule has 3 nitrogen and oxygen atoms in total. The summed E-state index contributed by atoms with van der Waals surface area (Å²) in [5.74, 6) is 0. The van der Waals surface area contributed by atoms with Crippen molar-refractivity contribution in [3.63, 3.8) is 0 Å². The molecule has 0 aromatic heterocycles. The van der Waals surface area contributed by atoms with Crippen LogP contribution in [0.15, 0.2) is 54.6 Å². The van der Waals surface area contributed by atoms with E-state index in [0.717, 1.165) is 6.54 Å². The quantitative estimate of drug-likeness (QED) is 0.914. The third kappa shape index (κ3) is 4.23. The second-order valence-corrected chi connectivity index (χ2v) is 7.34. The SMILES string of the molecule is CC(C)(C)c1cccc(CO[C@H]2OCCN[C@H]2c2ccccc2)c1. The Morgan fingerprint density at radius 3 is 2.62 bits per heavy atom. The highest BCUT2D eigenvalue weighted by atomic mass is 16.7. The molecule has 0 spiro atoms. The first-order valence-electron chi connectivity index (χ1n) is 8.65. The lowest BCUT2D eigenvalue weighted by molar-refractivity contribution is -0.183. The molecule has 0 amide bonds. The fourth-order valence-corrected chi connectivity index (χ4v) is 2.97. The predicted octanol–water partition coefficient (Wildman–Crippen LogP) is 4.19. The van der Waals surface area contributed by atoms with E-state index in [1.54, 1.807) is 0 Å². The molecule has 2 aromatic carbocycles. The fourth-order valence-electron chi connectivity index (χ4n) is 2.97. The molecule has 0 saturated carbocycles. The number of benzene rings is 2. The molecule has 0 aliphatic carbocycles. The summed E-state index contributed by atoms with van der Waals surface area (Å²) in [5, 5.41) is 3.51. The van der Waals surface area contributed by atoms with E-state index < -0.39 is 0 Å². The topological polar surface area (TPSA) is 30.5 Å². The minimum absolute atomic E-state index is 0.0748. The Kier molecular flexibility index (Phi) is 5.34. The first kappa shape index (κ1) is 17.2. The summed E-state index contributed by atoms with van der Waals surface area (Å²) in [6.07, 6.45) is -0.264. The molecule has 3 heteroatoms. The maximum atomic E-state index is 6.12. The zero-order valence-electron chi connectivity index (χ0n) is 14.8. The minimum Gasteiger partial charge on any atom is -0.349 e. The van der Waals surface area contributed by atoms with Gasteiger partial charge >= 0.3 is 0 Å². The third-order valence-corrected chi connectivity index (χ3v) is 4.39. The van der Waals surface area contributed by atoms with E-state index in [1.807, 2.05) is 6.07 Å². The maximum absolute atomic E-state index is 6.12. The zero-order chi connectivity index (χ0) is 17.0. The number of ether oxygens (including phenoxy) is 2. The van der Waals surface area contributed by atoms with Crippen LogP contribution in [0, 0.1) is 0 Å². The Morgan fingerprint density at radius 1 is 1.08 bits per heavy atom. The van der Waals surface area contributed by atoms with Crippen molar-refractivity contribution < 1.29 is 9.47 Å². The third-order valence-electron chi connectivity index (χ3n) is 4.39. The Bertz CT molecular complexity index is 648. The highest BCUT2D eigenvalue weighted by molar-refractivity contribution is 5.28. The number of hydrogen-bond donors (Lipinski definition) is 1. The van der Waals surface area contributed by atoms with Crippen molar-refractivity contribution in [2.75, 3.05) is 13.2 Å². The molecule has 2 aromatic rings. The van der Waals surface area contributed by atoms with Gasteiger partial charge in [0, 0.05) is 6.54 Å². The highest BCUT2D eigenvalue weighted by Gasteiger charge is 2.27. The fraction of sp³-hybridized carbons (Fsp3) is 0.429. The first-order chi connectivity index (χ1) is 11.5. The molecule has 1 aliphatic rings. The van der Waals surface area contributed by atoms with Crippen molar-refractivity contribution in [1.29, 1.82) is 0 Å². The largest absolute Gasteiger partial charge is 0.349 e. The first-order valence-corrected chi connectivity index (χ1v) is 8.65.